The molecule has 1 aliphatic rings. The van der Waals surface area contributed by atoms with Crippen LogP contribution in [0.25, 0.3) is 0 Å². The second kappa shape index (κ2) is 3.55. The molecule has 70 valence electrons. The topological polar surface area (TPSA) is 63.4 Å². The van der Waals surface area contributed by atoms with Crippen molar-refractivity contribution in [1.29, 1.82) is 0 Å². The lowest BCUT2D eigenvalue weighted by Gasteiger charge is -2.14. The van der Waals surface area contributed by atoms with Gasteiger partial charge in [-0.1, -0.05) is 6.58 Å². The van der Waals surface area contributed by atoms with Gasteiger partial charge in [0.05, 0.1) is 5.75 Å². The van der Waals surface area contributed by atoms with Gasteiger partial charge in [-0.25, -0.2) is 8.42 Å². The third kappa shape index (κ3) is 2.06. The Bertz CT molecular complexity index is 271. The number of nitrogens with zero attached hydrogens (tertiary/aromatic N) is 1. The zero-order chi connectivity index (χ0) is 9.19. The average Bonchev–Trinajstić information content (AvgIpc) is 2.31. The summed E-state index contributed by atoms with van der Waals surface area (Å²) < 4.78 is 24.0. The van der Waals surface area contributed by atoms with Crippen LogP contribution < -0.4 is 5.73 Å². The first-order valence-corrected chi connectivity index (χ1v) is 5.52. The van der Waals surface area contributed by atoms with E-state index in [1.165, 1.54) is 4.31 Å². The Hall–Kier alpha value is -0.390. The molecular weight excluding hydrogens is 176 g/mol. The molecule has 4 nitrogen and oxygen atoms in total. The van der Waals surface area contributed by atoms with E-state index in [-0.39, 0.29) is 5.75 Å². The maximum absolute atomic E-state index is 11.3. The largest absolute Gasteiger partial charge is 0.327 e. The summed E-state index contributed by atoms with van der Waals surface area (Å²) in [6.45, 7) is 5.02. The van der Waals surface area contributed by atoms with Crippen molar-refractivity contribution >= 4 is 10.0 Å². The quantitative estimate of drug-likeness (QED) is 0.612. The first-order valence-electron chi connectivity index (χ1n) is 3.91. The summed E-state index contributed by atoms with van der Waals surface area (Å²) in [4.78, 5) is 0. The molecule has 1 fully saturated rings. The minimum Gasteiger partial charge on any atom is -0.327 e. The van der Waals surface area contributed by atoms with Gasteiger partial charge in [-0.05, 0) is 12.0 Å². The van der Waals surface area contributed by atoms with Crippen LogP contribution in [0.2, 0.25) is 0 Å². The van der Waals surface area contributed by atoms with Crippen molar-refractivity contribution < 1.29 is 8.42 Å². The Morgan fingerprint density at radius 3 is 2.67 bits per heavy atom. The normalized spacial score (nSPS) is 22.8. The Kier molecular flexibility index (Phi) is 2.87. The number of hydrogen-bond donors (Lipinski definition) is 1. The van der Waals surface area contributed by atoms with Crippen molar-refractivity contribution in [2.24, 2.45) is 5.73 Å². The summed E-state index contributed by atoms with van der Waals surface area (Å²) in [5, 5.41) is 0. The minimum atomic E-state index is -2.98. The van der Waals surface area contributed by atoms with Crippen molar-refractivity contribution in [2.75, 3.05) is 25.4 Å². The molecule has 0 unspecified atom stereocenters. The summed E-state index contributed by atoms with van der Waals surface area (Å²) in [7, 11) is -2.98. The van der Waals surface area contributed by atoms with Crippen molar-refractivity contribution in [1.82, 2.24) is 4.31 Å². The molecule has 1 rings (SSSR count). The van der Waals surface area contributed by atoms with E-state index < -0.39 is 10.0 Å². The zero-order valence-electron chi connectivity index (χ0n) is 6.99. The molecule has 5 heteroatoms. The fraction of sp³-hybridized carbons (Fsp3) is 0.714. The van der Waals surface area contributed by atoms with E-state index in [1.807, 2.05) is 0 Å². The summed E-state index contributed by atoms with van der Waals surface area (Å²) in [5.41, 5.74) is 6.08. The molecule has 0 spiro atoms. The van der Waals surface area contributed by atoms with Gasteiger partial charge < -0.3 is 5.73 Å². The van der Waals surface area contributed by atoms with Crippen molar-refractivity contribution in [2.45, 2.75) is 6.42 Å². The summed E-state index contributed by atoms with van der Waals surface area (Å²) >= 11 is 0. The number of sulfonamides is 1. The molecule has 0 atom stereocenters. The van der Waals surface area contributed by atoms with Crippen LogP contribution in [0.15, 0.2) is 12.2 Å². The highest BCUT2D eigenvalue weighted by Crippen LogP contribution is 2.13. The van der Waals surface area contributed by atoms with E-state index in [2.05, 4.69) is 6.58 Å². The molecule has 0 aromatic rings. The number of rotatable bonds is 3. The van der Waals surface area contributed by atoms with Crippen LogP contribution >= 0.6 is 0 Å². The predicted molar refractivity (Wildman–Crippen MR) is 48.2 cm³/mol. The molecular formula is C7H14N2O2S. The maximum atomic E-state index is 11.3. The smallest absolute Gasteiger partial charge is 0.214 e. The van der Waals surface area contributed by atoms with E-state index in [4.69, 9.17) is 5.73 Å². The van der Waals surface area contributed by atoms with E-state index in [9.17, 15) is 8.42 Å². The molecule has 1 saturated heterocycles. The van der Waals surface area contributed by atoms with Crippen LogP contribution in [-0.4, -0.2) is 38.1 Å². The first-order chi connectivity index (χ1) is 5.56. The minimum absolute atomic E-state index is 0.269. The van der Waals surface area contributed by atoms with Gasteiger partial charge in [0.2, 0.25) is 10.0 Å². The van der Waals surface area contributed by atoms with Gasteiger partial charge in [0.1, 0.15) is 0 Å². The van der Waals surface area contributed by atoms with Crippen LogP contribution in [0.3, 0.4) is 0 Å². The lowest BCUT2D eigenvalue weighted by Crippen LogP contribution is -2.29. The molecule has 0 saturated carbocycles. The highest BCUT2D eigenvalue weighted by molar-refractivity contribution is 7.89. The Labute approximate surface area is 73.1 Å². The fourth-order valence-corrected chi connectivity index (χ4v) is 2.72. The fourth-order valence-electron chi connectivity index (χ4n) is 1.18. The summed E-state index contributed by atoms with van der Waals surface area (Å²) in [6, 6.07) is 0. The van der Waals surface area contributed by atoms with Gasteiger partial charge in [0.25, 0.3) is 0 Å². The van der Waals surface area contributed by atoms with Gasteiger partial charge >= 0.3 is 0 Å². The second-order valence-electron chi connectivity index (χ2n) is 2.96. The predicted octanol–water partition coefficient (Wildman–Crippen LogP) is -0.463. The van der Waals surface area contributed by atoms with Crippen LogP contribution in [0, 0.1) is 0 Å². The second-order valence-corrected chi connectivity index (χ2v) is 5.05. The van der Waals surface area contributed by atoms with E-state index >= 15 is 0 Å². The molecule has 12 heavy (non-hydrogen) atoms. The van der Waals surface area contributed by atoms with Crippen LogP contribution in [0.4, 0.5) is 0 Å². The molecule has 2 N–H and O–H groups in total. The maximum Gasteiger partial charge on any atom is 0.214 e. The van der Waals surface area contributed by atoms with Crippen LogP contribution in [0.5, 0.6) is 0 Å². The standard InChI is InChI=1S/C7H14N2O2S/c1-7(5-8)6-9-3-2-4-12(9,10)11/h1-6,8H2. The monoisotopic (exact) mass is 190 g/mol. The SMILES string of the molecule is C=C(CN)CN1CCCS1(=O)=O. The van der Waals surface area contributed by atoms with Gasteiger partial charge in [0.15, 0.2) is 0 Å². The van der Waals surface area contributed by atoms with Gasteiger partial charge in [0, 0.05) is 19.6 Å². The molecule has 0 radical (unpaired) electrons. The highest BCUT2D eigenvalue weighted by atomic mass is 32.2. The highest BCUT2D eigenvalue weighted by Gasteiger charge is 2.27. The van der Waals surface area contributed by atoms with Crippen molar-refractivity contribution in [3.8, 4) is 0 Å². The average molecular weight is 190 g/mol. The number of hydrogen-bond acceptors (Lipinski definition) is 3. The van der Waals surface area contributed by atoms with Crippen molar-refractivity contribution in [3.05, 3.63) is 12.2 Å². The van der Waals surface area contributed by atoms with Gasteiger partial charge in [-0.15, -0.1) is 0 Å². The Morgan fingerprint density at radius 2 is 2.25 bits per heavy atom. The molecule has 0 bridgehead atoms. The number of nitrogens with two attached hydrogens (primary N) is 1. The third-order valence-corrected chi connectivity index (χ3v) is 3.79. The summed E-state index contributed by atoms with van der Waals surface area (Å²) in [6.07, 6.45) is 0.722. The molecule has 1 heterocycles. The van der Waals surface area contributed by atoms with Gasteiger partial charge in [-0.3, -0.25) is 0 Å². The Balaban J connectivity index is 2.59. The van der Waals surface area contributed by atoms with Crippen LogP contribution in [-0.2, 0) is 10.0 Å². The van der Waals surface area contributed by atoms with Crippen LogP contribution in [0.1, 0.15) is 6.42 Å². The lowest BCUT2D eigenvalue weighted by atomic mass is 10.3. The van der Waals surface area contributed by atoms with Gasteiger partial charge in [-0.2, -0.15) is 4.31 Å². The molecule has 1 aliphatic heterocycles. The zero-order valence-corrected chi connectivity index (χ0v) is 7.81. The third-order valence-electron chi connectivity index (χ3n) is 1.89. The molecule has 0 aromatic carbocycles. The molecule has 0 amide bonds. The molecule has 0 aromatic heterocycles. The first kappa shape index (κ1) is 9.70. The van der Waals surface area contributed by atoms with E-state index in [0.29, 0.717) is 19.6 Å². The Morgan fingerprint density at radius 1 is 1.58 bits per heavy atom. The van der Waals surface area contributed by atoms with Crippen molar-refractivity contribution in [3.63, 3.8) is 0 Å². The molecule has 0 aliphatic carbocycles. The lowest BCUT2D eigenvalue weighted by molar-refractivity contribution is 0.469. The van der Waals surface area contributed by atoms with E-state index in [1.54, 1.807) is 0 Å². The van der Waals surface area contributed by atoms with E-state index in [0.717, 1.165) is 12.0 Å². The summed E-state index contributed by atoms with van der Waals surface area (Å²) in [5.74, 6) is 0.269.